The maximum absolute atomic E-state index is 12.3. The first-order chi connectivity index (χ1) is 15.2. The predicted octanol–water partition coefficient (Wildman–Crippen LogP) is 2.77. The third kappa shape index (κ3) is 3.86. The maximum Gasteiger partial charge on any atom is 0.412 e. The highest BCUT2D eigenvalue weighted by Crippen LogP contribution is 2.35. The van der Waals surface area contributed by atoms with Crippen LogP contribution in [-0.2, 0) is 14.2 Å². The molecular weight excluding hydrogens is 398 g/mol. The van der Waals surface area contributed by atoms with Gasteiger partial charge in [0.15, 0.2) is 6.10 Å². The lowest BCUT2D eigenvalue weighted by Crippen LogP contribution is -2.34. The molecule has 9 heteroatoms. The van der Waals surface area contributed by atoms with E-state index in [0.717, 1.165) is 11.3 Å². The van der Waals surface area contributed by atoms with Crippen LogP contribution < -0.4 is 5.32 Å². The number of nitrogens with one attached hydrogen (secondary N) is 1. The van der Waals surface area contributed by atoms with Crippen LogP contribution in [0.1, 0.15) is 11.6 Å². The van der Waals surface area contributed by atoms with E-state index in [1.54, 1.807) is 28.9 Å². The number of amides is 1. The first kappa shape index (κ1) is 19.2. The van der Waals surface area contributed by atoms with Gasteiger partial charge in [-0.2, -0.15) is 5.26 Å². The summed E-state index contributed by atoms with van der Waals surface area (Å²) in [4.78, 5) is 12.3. The van der Waals surface area contributed by atoms with E-state index in [-0.39, 0.29) is 24.9 Å². The van der Waals surface area contributed by atoms with Crippen LogP contribution in [-0.4, -0.2) is 52.6 Å². The summed E-state index contributed by atoms with van der Waals surface area (Å²) < 4.78 is 19.1. The van der Waals surface area contributed by atoms with Crippen LogP contribution in [0.5, 0.6) is 0 Å². The third-order valence-corrected chi connectivity index (χ3v) is 5.40. The second-order valence-electron chi connectivity index (χ2n) is 7.37. The van der Waals surface area contributed by atoms with E-state index < -0.39 is 12.2 Å². The molecule has 2 aliphatic heterocycles. The highest BCUT2D eigenvalue weighted by atomic mass is 16.6. The van der Waals surface area contributed by atoms with Gasteiger partial charge in [-0.05, 0) is 18.2 Å². The minimum atomic E-state index is -0.622. The summed E-state index contributed by atoms with van der Waals surface area (Å²) in [5, 5.41) is 20.1. The van der Waals surface area contributed by atoms with Crippen molar-refractivity contribution in [2.24, 2.45) is 0 Å². The fraction of sp³-hybridized carbons (Fsp3) is 0.273. The molecule has 3 aromatic rings. The van der Waals surface area contributed by atoms with E-state index >= 15 is 0 Å². The Balaban J connectivity index is 1.22. The van der Waals surface area contributed by atoms with Crippen molar-refractivity contribution in [3.05, 3.63) is 66.4 Å². The molecule has 2 aromatic carbocycles. The molecule has 2 aliphatic rings. The van der Waals surface area contributed by atoms with Crippen LogP contribution in [0.2, 0.25) is 0 Å². The lowest BCUT2D eigenvalue weighted by atomic mass is 10.1. The van der Waals surface area contributed by atoms with E-state index in [2.05, 4.69) is 15.6 Å². The van der Waals surface area contributed by atoms with E-state index in [9.17, 15) is 4.79 Å². The quantitative estimate of drug-likeness (QED) is 0.695. The van der Waals surface area contributed by atoms with Crippen molar-refractivity contribution >= 4 is 11.8 Å². The van der Waals surface area contributed by atoms with Gasteiger partial charge in [0.05, 0.1) is 31.0 Å². The summed E-state index contributed by atoms with van der Waals surface area (Å²) in [6, 6.07) is 18.3. The maximum atomic E-state index is 12.3. The molecule has 0 aliphatic carbocycles. The molecule has 4 atom stereocenters. The zero-order valence-corrected chi connectivity index (χ0v) is 16.4. The Morgan fingerprint density at radius 3 is 2.81 bits per heavy atom. The second-order valence-corrected chi connectivity index (χ2v) is 7.37. The van der Waals surface area contributed by atoms with E-state index in [4.69, 9.17) is 19.5 Å². The highest BCUT2D eigenvalue weighted by Gasteiger charge is 2.50. The summed E-state index contributed by atoms with van der Waals surface area (Å²) in [6.07, 6.45) is 0.0448. The van der Waals surface area contributed by atoms with Gasteiger partial charge in [0.25, 0.3) is 0 Å². The molecule has 2 saturated heterocycles. The molecule has 0 bridgehead atoms. The molecular formula is C22H19N5O4. The molecule has 1 amide bonds. The first-order valence-electron chi connectivity index (χ1n) is 9.89. The number of rotatable bonds is 4. The molecule has 3 heterocycles. The Labute approximate surface area is 178 Å². The fourth-order valence-corrected chi connectivity index (χ4v) is 3.90. The van der Waals surface area contributed by atoms with Gasteiger partial charge in [-0.25, -0.2) is 9.48 Å². The number of ether oxygens (including phenoxy) is 3. The standard InChI is InChI=1S/C22H19N5O4/c23-10-14-5-4-8-16(9-14)24-22(28)31-19-13-30-20-18(12-29-21(19)20)27-11-17(25-26-27)15-6-2-1-3-7-15/h1-9,11,18-21H,12-13H2,(H,24,28). The van der Waals surface area contributed by atoms with Crippen LogP contribution >= 0.6 is 0 Å². The predicted molar refractivity (Wildman–Crippen MR) is 109 cm³/mol. The van der Waals surface area contributed by atoms with Gasteiger partial charge in [-0.15, -0.1) is 5.10 Å². The molecule has 0 radical (unpaired) electrons. The van der Waals surface area contributed by atoms with Crippen molar-refractivity contribution in [3.63, 3.8) is 0 Å². The molecule has 9 nitrogen and oxygen atoms in total. The summed E-state index contributed by atoms with van der Waals surface area (Å²) in [6.45, 7) is 0.621. The summed E-state index contributed by atoms with van der Waals surface area (Å²) in [7, 11) is 0. The topological polar surface area (TPSA) is 111 Å². The third-order valence-electron chi connectivity index (χ3n) is 5.40. The normalized spacial score (nSPS) is 24.4. The highest BCUT2D eigenvalue weighted by molar-refractivity contribution is 5.85. The number of hydrogen-bond donors (Lipinski definition) is 1. The van der Waals surface area contributed by atoms with E-state index in [0.29, 0.717) is 17.9 Å². The van der Waals surface area contributed by atoms with E-state index in [1.165, 1.54) is 0 Å². The largest absolute Gasteiger partial charge is 0.441 e. The van der Waals surface area contributed by atoms with Crippen LogP contribution in [0, 0.1) is 11.3 Å². The van der Waals surface area contributed by atoms with Crippen LogP contribution in [0.25, 0.3) is 11.3 Å². The molecule has 31 heavy (non-hydrogen) atoms. The van der Waals surface area contributed by atoms with Crippen molar-refractivity contribution in [2.75, 3.05) is 18.5 Å². The number of hydrogen-bond acceptors (Lipinski definition) is 7. The SMILES string of the molecule is N#Cc1cccc(NC(=O)OC2COC3C2OCC3n2cc(-c3ccccc3)nn2)c1. The lowest BCUT2D eigenvalue weighted by molar-refractivity contribution is 0.00771. The zero-order chi connectivity index (χ0) is 21.2. The molecule has 5 rings (SSSR count). The molecule has 4 unspecified atom stereocenters. The van der Waals surface area contributed by atoms with Gasteiger partial charge in [-0.1, -0.05) is 41.6 Å². The van der Waals surface area contributed by atoms with E-state index in [1.807, 2.05) is 42.6 Å². The molecule has 1 N–H and O–H groups in total. The van der Waals surface area contributed by atoms with Crippen molar-refractivity contribution in [2.45, 2.75) is 24.4 Å². The number of carbonyl (C=O) groups is 1. The van der Waals surface area contributed by atoms with Crippen molar-refractivity contribution in [3.8, 4) is 17.3 Å². The van der Waals surface area contributed by atoms with Gasteiger partial charge in [0, 0.05) is 11.3 Å². The van der Waals surface area contributed by atoms with Crippen LogP contribution in [0.15, 0.2) is 60.8 Å². The van der Waals surface area contributed by atoms with Gasteiger partial charge < -0.3 is 14.2 Å². The van der Waals surface area contributed by atoms with Crippen LogP contribution in [0.4, 0.5) is 10.5 Å². The fourth-order valence-electron chi connectivity index (χ4n) is 3.90. The number of fused-ring (bicyclic) bond motifs is 1. The smallest absolute Gasteiger partial charge is 0.412 e. The number of aromatic nitrogens is 3. The first-order valence-corrected chi connectivity index (χ1v) is 9.89. The van der Waals surface area contributed by atoms with Crippen molar-refractivity contribution < 1.29 is 19.0 Å². The summed E-state index contributed by atoms with van der Waals surface area (Å²) in [5.41, 5.74) is 2.69. The minimum Gasteiger partial charge on any atom is -0.441 e. The molecule has 1 aromatic heterocycles. The number of nitrogens with zero attached hydrogens (tertiary/aromatic N) is 4. The lowest BCUT2D eigenvalue weighted by Gasteiger charge is -2.17. The average molecular weight is 417 g/mol. The van der Waals surface area contributed by atoms with Gasteiger partial charge >= 0.3 is 6.09 Å². The second kappa shape index (κ2) is 8.18. The van der Waals surface area contributed by atoms with Gasteiger partial charge in [0.2, 0.25) is 0 Å². The van der Waals surface area contributed by atoms with Crippen molar-refractivity contribution in [1.82, 2.24) is 15.0 Å². The van der Waals surface area contributed by atoms with Gasteiger partial charge in [0.1, 0.15) is 23.9 Å². The Morgan fingerprint density at radius 1 is 1.13 bits per heavy atom. The molecule has 0 spiro atoms. The molecule has 2 fully saturated rings. The number of benzene rings is 2. The average Bonchev–Trinajstić information content (AvgIpc) is 3.52. The Kier molecular flexibility index (Phi) is 5.08. The zero-order valence-electron chi connectivity index (χ0n) is 16.4. The number of carbonyl (C=O) groups excluding carboxylic acids is 1. The Hall–Kier alpha value is -3.74. The van der Waals surface area contributed by atoms with Crippen LogP contribution in [0.3, 0.4) is 0 Å². The Morgan fingerprint density at radius 2 is 1.97 bits per heavy atom. The summed E-state index contributed by atoms with van der Waals surface area (Å²) in [5.74, 6) is 0. The monoisotopic (exact) mass is 417 g/mol. The van der Waals surface area contributed by atoms with Gasteiger partial charge in [-0.3, -0.25) is 5.32 Å². The number of nitriles is 1. The number of anilines is 1. The molecule has 0 saturated carbocycles. The molecule has 156 valence electrons. The Bertz CT molecular complexity index is 1130. The van der Waals surface area contributed by atoms with Crippen molar-refractivity contribution in [1.29, 1.82) is 5.26 Å². The summed E-state index contributed by atoms with van der Waals surface area (Å²) >= 11 is 0. The minimum absolute atomic E-state index is 0.154.